The van der Waals surface area contributed by atoms with E-state index in [4.69, 9.17) is 21.5 Å². The number of hydrogen-bond acceptors (Lipinski definition) is 7. The van der Waals surface area contributed by atoms with Crippen LogP contribution in [0, 0.1) is 20.8 Å². The van der Waals surface area contributed by atoms with E-state index < -0.39 is 15.9 Å². The normalized spacial score (nSPS) is 11.0. The number of sulfonamides is 1. The van der Waals surface area contributed by atoms with Crippen molar-refractivity contribution < 1.29 is 22.5 Å². The summed E-state index contributed by atoms with van der Waals surface area (Å²) in [4.78, 5) is 12.1. The predicted octanol–water partition coefficient (Wildman–Crippen LogP) is 3.29. The monoisotopic (exact) mass is 474 g/mol. The minimum atomic E-state index is -3.82. The van der Waals surface area contributed by atoms with Gasteiger partial charge in [0.15, 0.2) is 17.5 Å². The fourth-order valence-corrected chi connectivity index (χ4v) is 3.97. The Balaban J connectivity index is 1.52. The molecule has 0 spiro atoms. The van der Waals surface area contributed by atoms with E-state index in [1.807, 2.05) is 32.0 Å². The number of nitrogens with one attached hydrogen (secondary N) is 3. The molecule has 0 bridgehead atoms. The molecule has 0 fully saturated rings. The zero-order valence-electron chi connectivity index (χ0n) is 17.6. The van der Waals surface area contributed by atoms with Crippen LogP contribution in [0.25, 0.3) is 0 Å². The lowest BCUT2D eigenvalue weighted by molar-refractivity contribution is -0.121. The van der Waals surface area contributed by atoms with Crippen LogP contribution in [0.5, 0.6) is 5.75 Å². The van der Waals surface area contributed by atoms with Crippen LogP contribution >= 0.6 is 12.2 Å². The number of carbonyl (C=O) groups is 1. The number of benzene rings is 2. The molecule has 1 heterocycles. The van der Waals surface area contributed by atoms with Crippen LogP contribution in [-0.4, -0.2) is 31.2 Å². The molecule has 1 aromatic heterocycles. The van der Waals surface area contributed by atoms with Gasteiger partial charge in [0, 0.05) is 11.8 Å². The summed E-state index contributed by atoms with van der Waals surface area (Å²) in [5.41, 5.74) is 2.54. The maximum Gasteiger partial charge on any atom is 0.264 e. The topological polar surface area (TPSA) is 123 Å². The molecule has 0 aliphatic carbocycles. The summed E-state index contributed by atoms with van der Waals surface area (Å²) < 4.78 is 37.5. The highest BCUT2D eigenvalue weighted by molar-refractivity contribution is 7.92. The standard InChI is InChI=1S/C21H22N4O5S2/c1-13-4-9-18(14(2)10-13)29-12-20(26)23-21(31)22-16-5-7-17(8-6-16)32(27,28)25-19-11-15(3)30-24-19/h4-11H,12H2,1-3H3,(H,24,25)(H2,22,23,26,31). The highest BCUT2D eigenvalue weighted by Crippen LogP contribution is 2.19. The third-order valence-electron chi connectivity index (χ3n) is 4.23. The Bertz CT molecular complexity index is 1240. The summed E-state index contributed by atoms with van der Waals surface area (Å²) in [7, 11) is -3.82. The lowest BCUT2D eigenvalue weighted by atomic mass is 10.1. The van der Waals surface area contributed by atoms with Crippen molar-refractivity contribution in [2.45, 2.75) is 25.7 Å². The van der Waals surface area contributed by atoms with Crippen molar-refractivity contribution in [1.29, 1.82) is 0 Å². The first-order valence-electron chi connectivity index (χ1n) is 9.49. The number of hydrogen-bond donors (Lipinski definition) is 3. The molecule has 3 rings (SSSR count). The van der Waals surface area contributed by atoms with Crippen LogP contribution in [0.15, 0.2) is 57.9 Å². The van der Waals surface area contributed by atoms with Gasteiger partial charge < -0.3 is 14.6 Å². The van der Waals surface area contributed by atoms with E-state index in [2.05, 4.69) is 20.5 Å². The van der Waals surface area contributed by atoms with Crippen molar-refractivity contribution in [3.8, 4) is 5.75 Å². The van der Waals surface area contributed by atoms with Crippen molar-refractivity contribution in [3.05, 3.63) is 65.4 Å². The largest absolute Gasteiger partial charge is 0.483 e. The Kier molecular flexibility index (Phi) is 7.11. The third-order valence-corrected chi connectivity index (χ3v) is 5.81. The van der Waals surface area contributed by atoms with Crippen LogP contribution < -0.4 is 20.1 Å². The van der Waals surface area contributed by atoms with Crippen molar-refractivity contribution in [1.82, 2.24) is 10.5 Å². The van der Waals surface area contributed by atoms with Gasteiger partial charge in [-0.15, -0.1) is 0 Å². The Hall–Kier alpha value is -3.44. The number of aromatic nitrogens is 1. The van der Waals surface area contributed by atoms with E-state index in [1.165, 1.54) is 30.3 Å². The van der Waals surface area contributed by atoms with Gasteiger partial charge in [0.2, 0.25) is 0 Å². The molecule has 1 amide bonds. The number of nitrogens with zero attached hydrogens (tertiary/aromatic N) is 1. The second kappa shape index (κ2) is 9.79. The summed E-state index contributed by atoms with van der Waals surface area (Å²) in [6.45, 7) is 5.33. The van der Waals surface area contributed by atoms with Crippen LogP contribution in [0.2, 0.25) is 0 Å². The lowest BCUT2D eigenvalue weighted by Gasteiger charge is -2.12. The molecular weight excluding hydrogens is 452 g/mol. The smallest absolute Gasteiger partial charge is 0.264 e. The molecule has 3 N–H and O–H groups in total. The number of anilines is 2. The fourth-order valence-electron chi connectivity index (χ4n) is 2.76. The average molecular weight is 475 g/mol. The highest BCUT2D eigenvalue weighted by atomic mass is 32.2. The quantitative estimate of drug-likeness (QED) is 0.446. The molecule has 32 heavy (non-hydrogen) atoms. The van der Waals surface area contributed by atoms with Gasteiger partial charge in [-0.3, -0.25) is 14.8 Å². The number of carbonyl (C=O) groups excluding carboxylic acids is 1. The first kappa shape index (κ1) is 23.2. The van der Waals surface area contributed by atoms with E-state index in [0.29, 0.717) is 17.2 Å². The Morgan fingerprint density at radius 2 is 1.81 bits per heavy atom. The second-order valence-electron chi connectivity index (χ2n) is 7.01. The fraction of sp³-hybridized carbons (Fsp3) is 0.190. The first-order valence-corrected chi connectivity index (χ1v) is 11.4. The summed E-state index contributed by atoms with van der Waals surface area (Å²) in [5.74, 6) is 0.776. The minimum Gasteiger partial charge on any atom is -0.483 e. The second-order valence-corrected chi connectivity index (χ2v) is 9.10. The average Bonchev–Trinajstić information content (AvgIpc) is 3.11. The van der Waals surface area contributed by atoms with E-state index in [0.717, 1.165) is 11.1 Å². The Morgan fingerprint density at radius 3 is 2.44 bits per heavy atom. The lowest BCUT2D eigenvalue weighted by Crippen LogP contribution is -2.37. The molecule has 0 saturated carbocycles. The van der Waals surface area contributed by atoms with Crippen molar-refractivity contribution in [2.75, 3.05) is 16.6 Å². The van der Waals surface area contributed by atoms with Crippen LogP contribution in [-0.2, 0) is 14.8 Å². The number of amides is 1. The van der Waals surface area contributed by atoms with E-state index in [9.17, 15) is 13.2 Å². The maximum atomic E-state index is 12.4. The first-order chi connectivity index (χ1) is 15.1. The van der Waals surface area contributed by atoms with Gasteiger partial charge in [0.1, 0.15) is 11.5 Å². The molecule has 11 heteroatoms. The Morgan fingerprint density at radius 1 is 1.09 bits per heavy atom. The predicted molar refractivity (Wildman–Crippen MR) is 124 cm³/mol. The number of ether oxygens (including phenoxy) is 1. The summed E-state index contributed by atoms with van der Waals surface area (Å²) in [6, 6.07) is 13.0. The van der Waals surface area contributed by atoms with Crippen LogP contribution in [0.3, 0.4) is 0 Å². The van der Waals surface area contributed by atoms with Crippen molar-refractivity contribution >= 4 is 44.8 Å². The summed E-state index contributed by atoms with van der Waals surface area (Å²) in [6.07, 6.45) is 0. The van der Waals surface area contributed by atoms with Crippen molar-refractivity contribution in [3.63, 3.8) is 0 Å². The molecule has 0 aliphatic heterocycles. The van der Waals surface area contributed by atoms with Crippen LogP contribution in [0.1, 0.15) is 16.9 Å². The van der Waals surface area contributed by atoms with Gasteiger partial charge in [-0.25, -0.2) is 8.42 Å². The van der Waals surface area contributed by atoms with Gasteiger partial charge in [-0.2, -0.15) is 0 Å². The number of rotatable bonds is 7. The minimum absolute atomic E-state index is 0.0283. The van der Waals surface area contributed by atoms with E-state index in [1.54, 1.807) is 6.92 Å². The van der Waals surface area contributed by atoms with E-state index >= 15 is 0 Å². The number of thiocarbonyl (C=S) groups is 1. The van der Waals surface area contributed by atoms with Gasteiger partial charge >= 0.3 is 0 Å². The molecule has 2 aromatic carbocycles. The number of aryl methyl sites for hydroxylation is 3. The molecule has 3 aromatic rings. The highest BCUT2D eigenvalue weighted by Gasteiger charge is 2.16. The zero-order chi connectivity index (χ0) is 23.3. The molecule has 0 radical (unpaired) electrons. The van der Waals surface area contributed by atoms with Crippen LogP contribution in [0.4, 0.5) is 11.5 Å². The molecule has 0 aliphatic rings. The molecule has 0 saturated heterocycles. The SMILES string of the molecule is Cc1ccc(OCC(=O)NC(=S)Nc2ccc(S(=O)(=O)Nc3cc(C)on3)cc2)c(C)c1. The van der Waals surface area contributed by atoms with E-state index in [-0.39, 0.29) is 22.4 Å². The van der Waals surface area contributed by atoms with Crippen molar-refractivity contribution in [2.24, 2.45) is 0 Å². The molecule has 0 atom stereocenters. The maximum absolute atomic E-state index is 12.4. The van der Waals surface area contributed by atoms with Gasteiger partial charge in [0.25, 0.3) is 15.9 Å². The zero-order valence-corrected chi connectivity index (χ0v) is 19.3. The summed E-state index contributed by atoms with van der Waals surface area (Å²) >= 11 is 5.13. The molecular formula is C21H22N4O5S2. The van der Waals surface area contributed by atoms with Gasteiger partial charge in [0.05, 0.1) is 4.90 Å². The summed E-state index contributed by atoms with van der Waals surface area (Å²) in [5, 5.41) is 9.01. The third kappa shape index (κ3) is 6.28. The van der Waals surface area contributed by atoms with Gasteiger partial charge in [-0.05, 0) is 68.9 Å². The van der Waals surface area contributed by atoms with Gasteiger partial charge in [-0.1, -0.05) is 22.9 Å². The molecule has 9 nitrogen and oxygen atoms in total. The molecule has 168 valence electrons. The molecule has 0 unspecified atom stereocenters. The Labute approximate surface area is 191 Å².